The van der Waals surface area contributed by atoms with Gasteiger partial charge in [0.05, 0.1) is 22.8 Å². The summed E-state index contributed by atoms with van der Waals surface area (Å²) >= 11 is 6.51. The number of hydrogen-bond donors (Lipinski definition) is 2. The number of halogens is 2. The summed E-state index contributed by atoms with van der Waals surface area (Å²) in [7, 11) is 0. The lowest BCUT2D eigenvalue weighted by molar-refractivity contribution is 0.0695. The number of nitrogens with one attached hydrogen (secondary N) is 1. The number of benzene rings is 2. The third-order valence-electron chi connectivity index (χ3n) is 6.64. The van der Waals surface area contributed by atoms with Crippen molar-refractivity contribution in [1.29, 1.82) is 0 Å². The summed E-state index contributed by atoms with van der Waals surface area (Å²) in [5.41, 5.74) is 0.840. The second-order valence-electron chi connectivity index (χ2n) is 8.64. The van der Waals surface area contributed by atoms with Crippen molar-refractivity contribution in [3.05, 3.63) is 75.4 Å². The van der Waals surface area contributed by atoms with Crippen molar-refractivity contribution in [2.75, 3.05) is 23.3 Å². The second-order valence-corrected chi connectivity index (χ2v) is 9.02. The molecular weight excluding hydrogens is 471 g/mol. The van der Waals surface area contributed by atoms with Gasteiger partial charge in [0.15, 0.2) is 5.82 Å². The highest BCUT2D eigenvalue weighted by Gasteiger charge is 2.29. The van der Waals surface area contributed by atoms with Crippen molar-refractivity contribution in [2.45, 2.75) is 32.4 Å². The molecule has 5 rings (SSSR count). The molecule has 2 aromatic carbocycles. The Morgan fingerprint density at radius 2 is 2.09 bits per heavy atom. The van der Waals surface area contributed by atoms with Gasteiger partial charge >= 0.3 is 5.97 Å². The fourth-order valence-electron chi connectivity index (χ4n) is 4.90. The summed E-state index contributed by atoms with van der Waals surface area (Å²) in [5.74, 6) is -2.05. The van der Waals surface area contributed by atoms with Crippen LogP contribution in [0.1, 0.15) is 30.1 Å². The maximum Gasteiger partial charge on any atom is 0.341 e. The Morgan fingerprint density at radius 1 is 1.31 bits per heavy atom. The molecule has 0 amide bonds. The molecule has 2 N–H and O–H groups in total. The predicted octanol–water partition coefficient (Wildman–Crippen LogP) is 5.14. The summed E-state index contributed by atoms with van der Waals surface area (Å²) < 4.78 is 17.2. The largest absolute Gasteiger partial charge is 0.477 e. The monoisotopic (exact) mass is 494 g/mol. The van der Waals surface area contributed by atoms with E-state index >= 15 is 4.39 Å². The predicted molar refractivity (Wildman–Crippen MR) is 136 cm³/mol. The third kappa shape index (κ3) is 3.97. The number of aromatic carboxylic acids is 1. The lowest BCUT2D eigenvalue weighted by Crippen LogP contribution is -2.35. The van der Waals surface area contributed by atoms with E-state index in [9.17, 15) is 14.7 Å². The lowest BCUT2D eigenvalue weighted by atomic mass is 10.0. The highest BCUT2D eigenvalue weighted by molar-refractivity contribution is 6.34. The number of rotatable bonds is 6. The van der Waals surface area contributed by atoms with E-state index in [1.165, 1.54) is 12.4 Å². The Balaban J connectivity index is 1.67. The lowest BCUT2D eigenvalue weighted by Gasteiger charge is -2.29. The number of carboxylic acids is 1. The molecule has 180 valence electrons. The van der Waals surface area contributed by atoms with E-state index < -0.39 is 17.2 Å². The third-order valence-corrected chi connectivity index (χ3v) is 7.00. The smallest absolute Gasteiger partial charge is 0.341 e. The number of para-hydroxylation sites is 1. The van der Waals surface area contributed by atoms with Gasteiger partial charge in [0, 0.05) is 42.9 Å². The van der Waals surface area contributed by atoms with Gasteiger partial charge in [-0.2, -0.15) is 0 Å². The molecule has 1 unspecified atom stereocenters. The summed E-state index contributed by atoms with van der Waals surface area (Å²) in [6.07, 6.45) is 4.52. The first-order valence-corrected chi connectivity index (χ1v) is 11.9. The van der Waals surface area contributed by atoms with Crippen LogP contribution in [0.4, 0.5) is 15.8 Å². The maximum atomic E-state index is 15.5. The van der Waals surface area contributed by atoms with Crippen molar-refractivity contribution >= 4 is 50.8 Å². The van der Waals surface area contributed by atoms with Crippen LogP contribution < -0.4 is 15.6 Å². The van der Waals surface area contributed by atoms with Crippen molar-refractivity contribution in [1.82, 2.24) is 9.55 Å². The van der Waals surface area contributed by atoms with Crippen LogP contribution in [0.2, 0.25) is 5.02 Å². The van der Waals surface area contributed by atoms with Crippen LogP contribution in [0, 0.1) is 5.82 Å². The van der Waals surface area contributed by atoms with Gasteiger partial charge < -0.3 is 19.9 Å². The summed E-state index contributed by atoms with van der Waals surface area (Å²) in [6.45, 7) is 3.58. The average molecular weight is 495 g/mol. The molecule has 1 aliphatic heterocycles. The molecular formula is C26H24ClFN4O3. The van der Waals surface area contributed by atoms with Crippen LogP contribution in [0.15, 0.2) is 53.6 Å². The SMILES string of the molecule is CCn1cc(C(=O)O)c(=O)c2c3cc(N4CCCC4CNc4ccccc4)c(Cl)c(F)c3ncc21. The number of fused-ring (bicyclic) bond motifs is 3. The standard InChI is InChI=1S/C26H24ClFN4O3/c1-2-31-14-18(26(34)35)25(33)21-17-11-19(22(27)23(28)24(17)30-13-20(21)31)32-10-6-9-16(32)12-29-15-7-4-3-5-8-15/h3-5,7-8,11,13-14,16,29H,2,6,9-10,12H2,1H3,(H,34,35). The number of hydrogen-bond acceptors (Lipinski definition) is 5. The highest BCUT2D eigenvalue weighted by atomic mass is 35.5. The number of aromatic nitrogens is 2. The Morgan fingerprint density at radius 3 is 2.80 bits per heavy atom. The van der Waals surface area contributed by atoms with Gasteiger partial charge in [-0.15, -0.1) is 0 Å². The van der Waals surface area contributed by atoms with E-state index in [1.54, 1.807) is 10.6 Å². The summed E-state index contributed by atoms with van der Waals surface area (Å²) in [5, 5.41) is 13.4. The molecule has 1 atom stereocenters. The highest BCUT2D eigenvalue weighted by Crippen LogP contribution is 2.39. The van der Waals surface area contributed by atoms with Crippen molar-refractivity contribution in [3.8, 4) is 0 Å². The van der Waals surface area contributed by atoms with Crippen molar-refractivity contribution in [3.63, 3.8) is 0 Å². The van der Waals surface area contributed by atoms with E-state index in [4.69, 9.17) is 11.6 Å². The molecule has 0 saturated carbocycles. The average Bonchev–Trinajstić information content (AvgIpc) is 3.33. The fraction of sp³-hybridized carbons (Fsp3) is 0.269. The zero-order chi connectivity index (χ0) is 24.7. The van der Waals surface area contributed by atoms with Crippen molar-refractivity contribution < 1.29 is 14.3 Å². The van der Waals surface area contributed by atoms with Crippen LogP contribution >= 0.6 is 11.6 Å². The zero-order valence-electron chi connectivity index (χ0n) is 19.1. The number of anilines is 2. The molecule has 0 aliphatic carbocycles. The first kappa shape index (κ1) is 23.1. The Kier molecular flexibility index (Phi) is 6.06. The Hall–Kier alpha value is -3.65. The molecule has 0 bridgehead atoms. The topological polar surface area (TPSA) is 87.5 Å². The fourth-order valence-corrected chi connectivity index (χ4v) is 5.16. The molecule has 35 heavy (non-hydrogen) atoms. The summed E-state index contributed by atoms with van der Waals surface area (Å²) in [4.78, 5) is 31.3. The van der Waals surface area contributed by atoms with Gasteiger partial charge in [0.25, 0.3) is 0 Å². The van der Waals surface area contributed by atoms with Gasteiger partial charge in [-0.25, -0.2) is 9.18 Å². The van der Waals surface area contributed by atoms with Gasteiger partial charge in [-0.1, -0.05) is 29.8 Å². The molecule has 7 nitrogen and oxygen atoms in total. The second kappa shape index (κ2) is 9.19. The number of aryl methyl sites for hydroxylation is 1. The van der Waals surface area contributed by atoms with Crippen LogP contribution in [0.5, 0.6) is 0 Å². The van der Waals surface area contributed by atoms with Crippen LogP contribution in [-0.4, -0.2) is 39.8 Å². The zero-order valence-corrected chi connectivity index (χ0v) is 19.8. The number of carboxylic acid groups (broad SMARTS) is 1. The van der Waals surface area contributed by atoms with Crippen LogP contribution in [0.3, 0.4) is 0 Å². The van der Waals surface area contributed by atoms with E-state index in [0.717, 1.165) is 18.5 Å². The molecule has 2 aromatic heterocycles. The molecule has 1 saturated heterocycles. The Labute approximate surface area is 205 Å². The minimum absolute atomic E-state index is 0.0494. The molecule has 1 aliphatic rings. The van der Waals surface area contributed by atoms with Gasteiger partial charge in [-0.05, 0) is 38.0 Å². The summed E-state index contributed by atoms with van der Waals surface area (Å²) in [6, 6.07) is 11.6. The minimum atomic E-state index is -1.33. The van der Waals surface area contributed by atoms with E-state index in [0.29, 0.717) is 30.8 Å². The van der Waals surface area contributed by atoms with Gasteiger partial charge in [0.2, 0.25) is 5.43 Å². The van der Waals surface area contributed by atoms with Gasteiger partial charge in [0.1, 0.15) is 16.1 Å². The molecule has 3 heterocycles. The van der Waals surface area contributed by atoms with Gasteiger partial charge in [-0.3, -0.25) is 9.78 Å². The van der Waals surface area contributed by atoms with Crippen molar-refractivity contribution in [2.24, 2.45) is 0 Å². The quantitative estimate of drug-likeness (QED) is 0.361. The molecule has 4 aromatic rings. The Bertz CT molecular complexity index is 1510. The number of carbonyl (C=O) groups is 1. The normalized spacial score (nSPS) is 15.7. The molecule has 1 fully saturated rings. The minimum Gasteiger partial charge on any atom is -0.477 e. The van der Waals surface area contributed by atoms with E-state index in [-0.39, 0.29) is 32.9 Å². The first-order chi connectivity index (χ1) is 16.9. The van der Waals surface area contributed by atoms with Crippen LogP contribution in [-0.2, 0) is 6.54 Å². The molecule has 0 radical (unpaired) electrons. The van der Waals surface area contributed by atoms with E-state index in [1.807, 2.05) is 37.3 Å². The maximum absolute atomic E-state index is 15.5. The number of pyridine rings is 2. The first-order valence-electron chi connectivity index (χ1n) is 11.5. The van der Waals surface area contributed by atoms with E-state index in [2.05, 4.69) is 15.2 Å². The number of nitrogens with zero attached hydrogens (tertiary/aromatic N) is 3. The molecule has 0 spiro atoms. The van der Waals surface area contributed by atoms with Crippen LogP contribution in [0.25, 0.3) is 21.8 Å². The molecule has 9 heteroatoms.